The number of esters is 2. The highest BCUT2D eigenvalue weighted by molar-refractivity contribution is 5.93. The molecule has 0 spiro atoms. The van der Waals surface area contributed by atoms with Crippen molar-refractivity contribution in [2.24, 2.45) is 5.73 Å². The number of nitrogens with two attached hydrogens (primary N) is 1. The second-order valence-electron chi connectivity index (χ2n) is 7.15. The van der Waals surface area contributed by atoms with Crippen molar-refractivity contribution >= 4 is 17.6 Å². The average molecular weight is 444 g/mol. The molecule has 0 amide bonds. The minimum Gasteiger partial charge on any atom is -0.452 e. The number of rotatable bonds is 8. The maximum absolute atomic E-state index is 12.7. The molecule has 1 heterocycles. The summed E-state index contributed by atoms with van der Waals surface area (Å²) in [6.45, 7) is 2.39. The molecule has 3 N–H and O–H groups in total. The summed E-state index contributed by atoms with van der Waals surface area (Å²) in [6.07, 6.45) is 10.2. The number of carbonyl (C=O) groups excluding carboxylic acids is 2. The lowest BCUT2D eigenvalue weighted by Gasteiger charge is -2.28. The molecule has 3 rings (SSSR count). The zero-order valence-electron chi connectivity index (χ0n) is 18.2. The van der Waals surface area contributed by atoms with Crippen molar-refractivity contribution < 1.29 is 23.8 Å². The van der Waals surface area contributed by atoms with Gasteiger partial charge in [-0.25, -0.2) is 4.79 Å². The molecule has 1 aliphatic rings. The summed E-state index contributed by atoms with van der Waals surface area (Å²) in [5, 5.41) is 3.28. The molecule has 168 valence electrons. The van der Waals surface area contributed by atoms with E-state index < -0.39 is 17.9 Å². The Balaban J connectivity index is 2.04. The number of nitrogens with one attached hydrogen (secondary N) is 1. The van der Waals surface area contributed by atoms with Crippen LogP contribution in [0.3, 0.4) is 0 Å². The van der Waals surface area contributed by atoms with E-state index in [1.165, 1.54) is 0 Å². The van der Waals surface area contributed by atoms with Gasteiger partial charge in [0.1, 0.15) is 11.3 Å². The number of ether oxygens (including phenoxy) is 3. The highest BCUT2D eigenvalue weighted by Crippen LogP contribution is 2.42. The van der Waals surface area contributed by atoms with Crippen molar-refractivity contribution in [3.63, 3.8) is 0 Å². The Morgan fingerprint density at radius 2 is 1.82 bits per heavy atom. The number of benzene rings is 2. The Kier molecular flexibility index (Phi) is 7.62. The smallest absolute Gasteiger partial charge is 0.341 e. The Hall–Kier alpha value is -4.36. The quantitative estimate of drug-likeness (QED) is 0.477. The molecule has 2 aromatic carbocycles. The van der Waals surface area contributed by atoms with Crippen LogP contribution in [-0.2, 0) is 19.1 Å². The Morgan fingerprint density at radius 3 is 2.55 bits per heavy atom. The van der Waals surface area contributed by atoms with E-state index in [4.69, 9.17) is 32.8 Å². The fraction of sp³-hybridized carbons (Fsp3) is 0.231. The molecule has 7 nitrogen and oxygen atoms in total. The van der Waals surface area contributed by atoms with Crippen molar-refractivity contribution in [1.82, 2.24) is 0 Å². The van der Waals surface area contributed by atoms with Gasteiger partial charge in [0.15, 0.2) is 13.2 Å². The van der Waals surface area contributed by atoms with E-state index in [2.05, 4.69) is 17.2 Å². The highest BCUT2D eigenvalue weighted by Gasteiger charge is 2.36. The first kappa shape index (κ1) is 23.3. The third-order valence-corrected chi connectivity index (χ3v) is 4.99. The number of carbonyl (C=O) groups is 2. The van der Waals surface area contributed by atoms with Crippen LogP contribution in [0.1, 0.15) is 24.8 Å². The van der Waals surface area contributed by atoms with Crippen LogP contribution in [0.15, 0.2) is 53.9 Å². The van der Waals surface area contributed by atoms with Crippen molar-refractivity contribution in [1.29, 1.82) is 0 Å². The second kappa shape index (κ2) is 10.8. The van der Waals surface area contributed by atoms with Crippen LogP contribution in [0, 0.1) is 24.7 Å². The highest BCUT2D eigenvalue weighted by atomic mass is 16.5. The van der Waals surface area contributed by atoms with E-state index >= 15 is 0 Å². The van der Waals surface area contributed by atoms with Crippen LogP contribution in [0.25, 0.3) is 11.1 Å². The van der Waals surface area contributed by atoms with Crippen LogP contribution in [0.2, 0.25) is 0 Å². The van der Waals surface area contributed by atoms with E-state index in [9.17, 15) is 9.59 Å². The van der Waals surface area contributed by atoms with E-state index in [0.717, 1.165) is 23.4 Å². The fourth-order valence-electron chi connectivity index (χ4n) is 3.59. The van der Waals surface area contributed by atoms with Gasteiger partial charge in [0.2, 0.25) is 5.88 Å². The largest absolute Gasteiger partial charge is 0.452 e. The van der Waals surface area contributed by atoms with E-state index in [-0.39, 0.29) is 31.1 Å². The fourth-order valence-corrected chi connectivity index (χ4v) is 3.59. The normalized spacial score (nSPS) is 14.2. The first-order chi connectivity index (χ1) is 16.0. The molecule has 0 radical (unpaired) electrons. The molecule has 0 bridgehead atoms. The summed E-state index contributed by atoms with van der Waals surface area (Å²) in [4.78, 5) is 25.2. The third kappa shape index (κ3) is 5.47. The van der Waals surface area contributed by atoms with Crippen molar-refractivity contribution in [2.75, 3.05) is 25.1 Å². The standard InChI is InChI=1S/C26H24N2O5/c1-4-12-31-23(29)16-21-20-15-18(17-8-7-9-19(14-17)28-6-3)10-11-22(20)33-25(27)24(21)26(30)32-13-5-2/h1-2,7-11,14-15,21,28H,6,12-13,16,27H2,3H3. The first-order valence-electron chi connectivity index (χ1n) is 10.3. The maximum Gasteiger partial charge on any atom is 0.341 e. The zero-order chi connectivity index (χ0) is 23.8. The molecule has 0 aromatic heterocycles. The molecule has 2 aromatic rings. The average Bonchev–Trinajstić information content (AvgIpc) is 2.81. The monoisotopic (exact) mass is 444 g/mol. The summed E-state index contributed by atoms with van der Waals surface area (Å²) in [7, 11) is 0. The topological polar surface area (TPSA) is 99.9 Å². The van der Waals surface area contributed by atoms with Gasteiger partial charge in [0.05, 0.1) is 6.42 Å². The predicted octanol–water partition coefficient (Wildman–Crippen LogP) is 3.17. The van der Waals surface area contributed by atoms with E-state index in [1.54, 1.807) is 6.07 Å². The molecule has 7 heteroatoms. The lowest BCUT2D eigenvalue weighted by molar-refractivity contribution is -0.142. The predicted molar refractivity (Wildman–Crippen MR) is 125 cm³/mol. The van der Waals surface area contributed by atoms with Gasteiger partial charge in [0, 0.05) is 23.7 Å². The zero-order valence-corrected chi connectivity index (χ0v) is 18.2. The molecule has 33 heavy (non-hydrogen) atoms. The molecule has 0 saturated heterocycles. The van der Waals surface area contributed by atoms with Gasteiger partial charge < -0.3 is 25.3 Å². The van der Waals surface area contributed by atoms with Crippen LogP contribution >= 0.6 is 0 Å². The minimum absolute atomic E-state index is 0.00829. The lowest BCUT2D eigenvalue weighted by atomic mass is 9.84. The molecule has 0 aliphatic carbocycles. The van der Waals surface area contributed by atoms with E-state index in [0.29, 0.717) is 11.3 Å². The van der Waals surface area contributed by atoms with Crippen molar-refractivity contribution in [3.8, 4) is 41.6 Å². The molecule has 0 saturated carbocycles. The molecule has 1 atom stereocenters. The summed E-state index contributed by atoms with van der Waals surface area (Å²) < 4.78 is 15.8. The second-order valence-corrected chi connectivity index (χ2v) is 7.15. The molecule has 1 unspecified atom stereocenters. The van der Waals surface area contributed by atoms with Gasteiger partial charge in [-0.2, -0.15) is 0 Å². The Bertz CT molecular complexity index is 1170. The van der Waals surface area contributed by atoms with Gasteiger partial charge in [-0.05, 0) is 42.3 Å². The molecule has 1 aliphatic heterocycles. The van der Waals surface area contributed by atoms with Crippen molar-refractivity contribution in [2.45, 2.75) is 19.3 Å². The maximum atomic E-state index is 12.7. The summed E-state index contributed by atoms with van der Waals surface area (Å²) in [6, 6.07) is 13.4. The number of terminal acetylenes is 2. The lowest BCUT2D eigenvalue weighted by Crippen LogP contribution is -2.28. The van der Waals surface area contributed by atoms with Gasteiger partial charge in [-0.3, -0.25) is 4.79 Å². The minimum atomic E-state index is -0.763. The van der Waals surface area contributed by atoms with Crippen molar-refractivity contribution in [3.05, 3.63) is 59.5 Å². The molecular formula is C26H24N2O5. The van der Waals surface area contributed by atoms with Gasteiger partial charge in [0.25, 0.3) is 0 Å². The summed E-state index contributed by atoms with van der Waals surface area (Å²) in [5.74, 6) is 2.66. The van der Waals surface area contributed by atoms with Crippen LogP contribution < -0.4 is 15.8 Å². The Morgan fingerprint density at radius 1 is 1.09 bits per heavy atom. The van der Waals surface area contributed by atoms with Gasteiger partial charge in [-0.1, -0.05) is 30.0 Å². The third-order valence-electron chi connectivity index (χ3n) is 4.99. The number of hydrogen-bond donors (Lipinski definition) is 2. The SMILES string of the molecule is C#CCOC(=O)CC1C(C(=O)OCC#C)=C(N)Oc2ccc(-c3cccc(NCC)c3)cc21. The van der Waals surface area contributed by atoms with Gasteiger partial charge in [-0.15, -0.1) is 12.8 Å². The van der Waals surface area contributed by atoms with Crippen LogP contribution in [0.5, 0.6) is 5.75 Å². The summed E-state index contributed by atoms with van der Waals surface area (Å²) in [5.41, 5.74) is 9.45. The first-order valence-corrected chi connectivity index (χ1v) is 10.3. The van der Waals surface area contributed by atoms with E-state index in [1.807, 2.05) is 43.3 Å². The Labute approximate surface area is 192 Å². The summed E-state index contributed by atoms with van der Waals surface area (Å²) >= 11 is 0. The number of hydrogen-bond acceptors (Lipinski definition) is 7. The number of fused-ring (bicyclic) bond motifs is 1. The molecule has 0 fully saturated rings. The van der Waals surface area contributed by atoms with Gasteiger partial charge >= 0.3 is 11.9 Å². The molecular weight excluding hydrogens is 420 g/mol. The van der Waals surface area contributed by atoms with Crippen LogP contribution in [-0.4, -0.2) is 31.7 Å². The number of anilines is 1. The van der Waals surface area contributed by atoms with Crippen LogP contribution in [0.4, 0.5) is 5.69 Å².